The van der Waals surface area contributed by atoms with E-state index < -0.39 is 0 Å². The van der Waals surface area contributed by atoms with E-state index in [1.165, 1.54) is 64.2 Å². The van der Waals surface area contributed by atoms with Crippen molar-refractivity contribution < 1.29 is 0 Å². The van der Waals surface area contributed by atoms with Gasteiger partial charge in [0.2, 0.25) is 0 Å². The fourth-order valence-corrected chi connectivity index (χ4v) is 4.90. The number of hydrogen-bond acceptors (Lipinski definition) is 1. The molecule has 1 heteroatoms. The number of nitrogens with zero attached hydrogens (tertiary/aromatic N) is 1. The molecule has 1 aromatic rings. The van der Waals surface area contributed by atoms with Crippen LogP contribution in [0.3, 0.4) is 0 Å². The Morgan fingerprint density at radius 2 is 1.40 bits per heavy atom. The lowest BCUT2D eigenvalue weighted by Crippen LogP contribution is -2.25. The van der Waals surface area contributed by atoms with Crippen molar-refractivity contribution in [2.75, 3.05) is 0 Å². The zero-order valence-electron chi connectivity index (χ0n) is 15.6. The maximum Gasteiger partial charge on any atom is 0.0991 e. The van der Waals surface area contributed by atoms with Gasteiger partial charge in [-0.3, -0.25) is 0 Å². The Morgan fingerprint density at radius 3 is 1.96 bits per heavy atom. The van der Waals surface area contributed by atoms with Crippen LogP contribution in [0.1, 0.15) is 82.3 Å². The smallest absolute Gasteiger partial charge is 0.0991 e. The van der Waals surface area contributed by atoms with Crippen LogP contribution in [0.25, 0.3) is 0 Å². The predicted molar refractivity (Wildman–Crippen MR) is 104 cm³/mol. The molecule has 0 saturated heterocycles. The molecule has 0 spiro atoms. The quantitative estimate of drug-likeness (QED) is 0.593. The average Bonchev–Trinajstić information content (AvgIpc) is 2.68. The lowest BCUT2D eigenvalue weighted by Gasteiger charge is -2.37. The van der Waals surface area contributed by atoms with Crippen LogP contribution >= 0.6 is 0 Å². The van der Waals surface area contributed by atoms with Gasteiger partial charge in [0.1, 0.15) is 0 Å². The molecule has 25 heavy (non-hydrogen) atoms. The minimum Gasteiger partial charge on any atom is -0.192 e. The van der Waals surface area contributed by atoms with E-state index in [0.717, 1.165) is 23.3 Å². The van der Waals surface area contributed by atoms with Crippen molar-refractivity contribution in [2.24, 2.45) is 23.7 Å². The highest BCUT2D eigenvalue weighted by Gasteiger charge is 2.30. The molecule has 0 aliphatic heterocycles. The van der Waals surface area contributed by atoms with Gasteiger partial charge in [0.15, 0.2) is 0 Å². The molecule has 0 heterocycles. The Bertz CT molecular complexity index is 623. The topological polar surface area (TPSA) is 23.8 Å². The van der Waals surface area contributed by atoms with Gasteiger partial charge in [-0.2, -0.15) is 5.26 Å². The zero-order chi connectivity index (χ0) is 17.5. The van der Waals surface area contributed by atoms with Crippen molar-refractivity contribution in [3.8, 4) is 17.9 Å². The second-order valence-electron chi connectivity index (χ2n) is 8.14. The van der Waals surface area contributed by atoms with E-state index in [1.54, 1.807) is 0 Å². The summed E-state index contributed by atoms with van der Waals surface area (Å²) in [6.07, 6.45) is 14.1. The molecule has 0 unspecified atom stereocenters. The summed E-state index contributed by atoms with van der Waals surface area (Å²) >= 11 is 0. The highest BCUT2D eigenvalue weighted by Crippen LogP contribution is 2.42. The van der Waals surface area contributed by atoms with E-state index in [-0.39, 0.29) is 0 Å². The van der Waals surface area contributed by atoms with Crippen LogP contribution in [0, 0.1) is 46.8 Å². The highest BCUT2D eigenvalue weighted by molar-refractivity contribution is 5.40. The zero-order valence-corrected chi connectivity index (χ0v) is 15.6. The number of rotatable bonds is 3. The molecule has 2 aliphatic rings. The molecule has 1 aromatic carbocycles. The fraction of sp³-hybridized carbons (Fsp3) is 0.625. The predicted octanol–water partition coefficient (Wildman–Crippen LogP) is 6.32. The normalized spacial score (nSPS) is 29.3. The number of hydrogen-bond donors (Lipinski definition) is 0. The van der Waals surface area contributed by atoms with Crippen LogP contribution in [0.4, 0.5) is 0 Å². The summed E-state index contributed by atoms with van der Waals surface area (Å²) in [5, 5.41) is 8.85. The minimum atomic E-state index is 0.573. The van der Waals surface area contributed by atoms with Crippen molar-refractivity contribution in [1.82, 2.24) is 0 Å². The highest BCUT2D eigenvalue weighted by atomic mass is 14.3. The van der Waals surface area contributed by atoms with E-state index >= 15 is 0 Å². The van der Waals surface area contributed by atoms with Gasteiger partial charge < -0.3 is 0 Å². The average molecular weight is 334 g/mol. The summed E-state index contributed by atoms with van der Waals surface area (Å²) in [6, 6.07) is 9.80. The van der Waals surface area contributed by atoms with Gasteiger partial charge in [-0.1, -0.05) is 44.4 Å². The summed E-state index contributed by atoms with van der Waals surface area (Å²) in [5.41, 5.74) is 1.75. The van der Waals surface area contributed by atoms with E-state index in [0.29, 0.717) is 11.5 Å². The fourth-order valence-electron chi connectivity index (χ4n) is 4.90. The van der Waals surface area contributed by atoms with Crippen LogP contribution < -0.4 is 0 Å². The summed E-state index contributed by atoms with van der Waals surface area (Å²) in [4.78, 5) is 0. The van der Waals surface area contributed by atoms with Crippen molar-refractivity contribution >= 4 is 0 Å². The van der Waals surface area contributed by atoms with Gasteiger partial charge >= 0.3 is 0 Å². The summed E-state index contributed by atoms with van der Waals surface area (Å²) in [7, 11) is 0. The van der Waals surface area contributed by atoms with Gasteiger partial charge in [-0.05, 0) is 80.5 Å². The molecule has 0 atom stereocenters. The third-order valence-electron chi connectivity index (χ3n) is 6.46. The van der Waals surface area contributed by atoms with Gasteiger partial charge in [0, 0.05) is 11.5 Å². The van der Waals surface area contributed by atoms with Gasteiger partial charge in [0.25, 0.3) is 0 Å². The van der Waals surface area contributed by atoms with E-state index in [1.807, 2.05) is 24.3 Å². The Labute approximate surface area is 153 Å². The molecule has 2 saturated carbocycles. The molecule has 1 nitrogen and oxygen atoms in total. The maximum atomic E-state index is 8.85. The van der Waals surface area contributed by atoms with E-state index in [9.17, 15) is 0 Å². The first kappa shape index (κ1) is 18.1. The molecule has 0 bridgehead atoms. The van der Waals surface area contributed by atoms with Crippen molar-refractivity contribution in [3.05, 3.63) is 35.4 Å². The third-order valence-corrected chi connectivity index (χ3v) is 6.46. The van der Waals surface area contributed by atoms with E-state index in [2.05, 4.69) is 24.8 Å². The lowest BCUT2D eigenvalue weighted by molar-refractivity contribution is 0.154. The summed E-state index contributed by atoms with van der Waals surface area (Å²) in [6.45, 7) is 2.33. The molecule has 3 rings (SSSR count). The van der Waals surface area contributed by atoms with Crippen molar-refractivity contribution in [3.63, 3.8) is 0 Å². The number of nitriles is 1. The van der Waals surface area contributed by atoms with Crippen LogP contribution in [0.2, 0.25) is 0 Å². The van der Waals surface area contributed by atoms with Crippen LogP contribution in [0.5, 0.6) is 0 Å². The Kier molecular flexibility index (Phi) is 6.58. The first-order chi connectivity index (χ1) is 12.3. The Hall–Kier alpha value is -1.73. The van der Waals surface area contributed by atoms with Gasteiger partial charge in [0.05, 0.1) is 11.6 Å². The largest absolute Gasteiger partial charge is 0.192 e. The SMILES string of the molecule is CCC[C@H]1CC[C@H](C2CCC(C#Cc3ccc(C#N)cc3)CC2)CC1. The molecule has 0 aromatic heterocycles. The second kappa shape index (κ2) is 9.10. The summed E-state index contributed by atoms with van der Waals surface area (Å²) < 4.78 is 0. The molecule has 0 amide bonds. The number of benzene rings is 1. The van der Waals surface area contributed by atoms with Gasteiger partial charge in [-0.15, -0.1) is 0 Å². The molecule has 2 aliphatic carbocycles. The lowest BCUT2D eigenvalue weighted by atomic mass is 9.69. The molecule has 2 fully saturated rings. The van der Waals surface area contributed by atoms with Crippen molar-refractivity contribution in [2.45, 2.75) is 71.1 Å². The first-order valence-electron chi connectivity index (χ1n) is 10.3. The standard InChI is InChI=1S/C24H31N/c1-2-3-19-10-14-23(15-11-19)24-16-12-21(13-17-24)5-4-20-6-8-22(18-25)9-7-20/h6-9,19,21,23-24H,2-3,10-17H2,1H3/t19-,21?,23-,24?. The van der Waals surface area contributed by atoms with Crippen LogP contribution in [-0.4, -0.2) is 0 Å². The second-order valence-corrected chi connectivity index (χ2v) is 8.14. The first-order valence-corrected chi connectivity index (χ1v) is 10.3. The Balaban J connectivity index is 1.45. The molecular formula is C24H31N. The van der Waals surface area contributed by atoms with Crippen LogP contribution in [-0.2, 0) is 0 Å². The Morgan fingerprint density at radius 1 is 0.840 bits per heavy atom. The van der Waals surface area contributed by atoms with E-state index in [4.69, 9.17) is 5.26 Å². The maximum absolute atomic E-state index is 8.85. The third kappa shape index (κ3) is 5.12. The van der Waals surface area contributed by atoms with Crippen LogP contribution in [0.15, 0.2) is 24.3 Å². The molecule has 0 radical (unpaired) electrons. The van der Waals surface area contributed by atoms with Gasteiger partial charge in [-0.25, -0.2) is 0 Å². The summed E-state index contributed by atoms with van der Waals surface area (Å²) in [5.74, 6) is 10.4. The molecule has 0 N–H and O–H groups in total. The van der Waals surface area contributed by atoms with Crippen molar-refractivity contribution in [1.29, 1.82) is 5.26 Å². The molecule has 132 valence electrons. The minimum absolute atomic E-state index is 0.573. The monoisotopic (exact) mass is 333 g/mol. The molecular weight excluding hydrogens is 302 g/mol.